The lowest BCUT2D eigenvalue weighted by Crippen LogP contribution is -2.43. The number of carbonyl (C=O) groups is 1. The van der Waals surface area contributed by atoms with Crippen molar-refractivity contribution in [2.24, 2.45) is 0 Å². The van der Waals surface area contributed by atoms with Gasteiger partial charge in [-0.3, -0.25) is 9.36 Å². The number of aliphatic hydroxyl groups excluding tert-OH is 2. The van der Waals surface area contributed by atoms with Crippen molar-refractivity contribution in [1.29, 1.82) is 0 Å². The van der Waals surface area contributed by atoms with Gasteiger partial charge in [0.05, 0.1) is 18.2 Å². The SMILES string of the molecule is O=C(Nc1ncnc2c1ncn2[C@@H]1O[C@]2(CO)CSC1[C@H]2O)c1ccccc1. The van der Waals surface area contributed by atoms with Gasteiger partial charge in [-0.05, 0) is 12.1 Å². The first-order valence-corrected chi connectivity index (χ1v) is 9.80. The number of hydrogen-bond acceptors (Lipinski definition) is 8. The van der Waals surface area contributed by atoms with Gasteiger partial charge >= 0.3 is 0 Å². The highest BCUT2D eigenvalue weighted by Crippen LogP contribution is 2.52. The molecule has 2 aliphatic heterocycles. The van der Waals surface area contributed by atoms with E-state index in [4.69, 9.17) is 4.74 Å². The number of aromatic nitrogens is 4. The van der Waals surface area contributed by atoms with E-state index in [2.05, 4.69) is 20.3 Å². The number of carbonyl (C=O) groups excluding carboxylic acids is 1. The molecule has 3 aromatic rings. The second kappa shape index (κ2) is 6.52. The molecule has 28 heavy (non-hydrogen) atoms. The van der Waals surface area contributed by atoms with Crippen molar-refractivity contribution in [2.75, 3.05) is 17.7 Å². The van der Waals surface area contributed by atoms with E-state index in [1.807, 2.05) is 6.07 Å². The van der Waals surface area contributed by atoms with E-state index in [0.717, 1.165) is 0 Å². The average Bonchev–Trinajstić information content (AvgIpc) is 3.39. The zero-order valence-electron chi connectivity index (χ0n) is 14.6. The van der Waals surface area contributed by atoms with Crippen LogP contribution in [0.25, 0.3) is 11.2 Å². The Morgan fingerprint density at radius 1 is 1.32 bits per heavy atom. The molecule has 0 aliphatic carbocycles. The molecule has 1 unspecified atom stereocenters. The van der Waals surface area contributed by atoms with Gasteiger partial charge in [-0.2, -0.15) is 0 Å². The van der Waals surface area contributed by atoms with Crippen molar-refractivity contribution in [3.8, 4) is 0 Å². The maximum Gasteiger partial charge on any atom is 0.256 e. The summed E-state index contributed by atoms with van der Waals surface area (Å²) in [6.45, 7) is -0.256. The molecule has 9 nitrogen and oxygen atoms in total. The Bertz CT molecular complexity index is 1040. The Labute approximate surface area is 163 Å². The van der Waals surface area contributed by atoms with E-state index in [-0.39, 0.29) is 17.8 Å². The zero-order chi connectivity index (χ0) is 19.3. The standard InChI is InChI=1S/C18H17N5O4S/c24-6-18-7-28-12(13(18)25)17(27-18)23-9-21-11-14(19-8-20-15(11)23)22-16(26)10-4-2-1-3-5-10/h1-5,8-9,12-13,17,24-25H,6-7H2,(H,19,20,22,26)/t12?,13-,17-,18-/m1/s1. The van der Waals surface area contributed by atoms with E-state index in [9.17, 15) is 15.0 Å². The molecule has 1 aromatic carbocycles. The van der Waals surface area contributed by atoms with E-state index >= 15 is 0 Å². The van der Waals surface area contributed by atoms with Gasteiger partial charge < -0.3 is 20.3 Å². The maximum atomic E-state index is 12.5. The van der Waals surface area contributed by atoms with Crippen molar-refractivity contribution in [1.82, 2.24) is 19.5 Å². The Balaban J connectivity index is 1.48. The van der Waals surface area contributed by atoms with Crippen LogP contribution in [-0.2, 0) is 4.74 Å². The van der Waals surface area contributed by atoms with Gasteiger partial charge in [0, 0.05) is 11.3 Å². The van der Waals surface area contributed by atoms with Crippen LogP contribution in [-0.4, -0.2) is 65.0 Å². The highest BCUT2D eigenvalue weighted by atomic mass is 32.2. The number of amides is 1. The number of ether oxygens (including phenoxy) is 1. The third-order valence-corrected chi connectivity index (χ3v) is 6.71. The quantitative estimate of drug-likeness (QED) is 0.589. The smallest absolute Gasteiger partial charge is 0.256 e. The van der Waals surface area contributed by atoms with E-state index in [1.165, 1.54) is 6.33 Å². The monoisotopic (exact) mass is 399 g/mol. The van der Waals surface area contributed by atoms with Crippen LogP contribution in [0.4, 0.5) is 5.82 Å². The van der Waals surface area contributed by atoms with Gasteiger partial charge in [-0.15, -0.1) is 11.8 Å². The van der Waals surface area contributed by atoms with Gasteiger partial charge in [0.1, 0.15) is 18.0 Å². The topological polar surface area (TPSA) is 122 Å². The van der Waals surface area contributed by atoms with Crippen molar-refractivity contribution < 1.29 is 19.7 Å². The maximum absolute atomic E-state index is 12.5. The Morgan fingerprint density at radius 2 is 2.14 bits per heavy atom. The molecule has 5 rings (SSSR count). The fourth-order valence-electron chi connectivity index (χ4n) is 3.65. The third kappa shape index (κ3) is 2.53. The normalized spacial score (nSPS) is 28.7. The summed E-state index contributed by atoms with van der Waals surface area (Å²) in [6.07, 6.45) is 1.61. The fraction of sp³-hybridized carbons (Fsp3) is 0.333. The first-order chi connectivity index (χ1) is 13.6. The number of fused-ring (bicyclic) bond motifs is 3. The van der Waals surface area contributed by atoms with Crippen LogP contribution in [0.15, 0.2) is 43.0 Å². The minimum absolute atomic E-state index is 0.234. The molecule has 0 spiro atoms. The summed E-state index contributed by atoms with van der Waals surface area (Å²) in [7, 11) is 0. The predicted octanol–water partition coefficient (Wildman–Crippen LogP) is 0.815. The van der Waals surface area contributed by atoms with Crippen LogP contribution in [0.2, 0.25) is 0 Å². The molecule has 0 radical (unpaired) electrons. The summed E-state index contributed by atoms with van der Waals surface area (Å²) in [6, 6.07) is 8.82. The molecule has 4 heterocycles. The van der Waals surface area contributed by atoms with Crippen LogP contribution in [0, 0.1) is 0 Å². The average molecular weight is 399 g/mol. The molecular formula is C18H17N5O4S. The molecule has 1 amide bonds. The molecule has 2 aliphatic rings. The number of aliphatic hydroxyl groups is 2. The zero-order valence-corrected chi connectivity index (χ0v) is 15.4. The molecule has 3 N–H and O–H groups in total. The van der Waals surface area contributed by atoms with Gasteiger partial charge in [-0.25, -0.2) is 15.0 Å². The fourth-order valence-corrected chi connectivity index (χ4v) is 5.24. The lowest BCUT2D eigenvalue weighted by Gasteiger charge is -2.29. The third-order valence-electron chi connectivity index (χ3n) is 5.18. The number of nitrogens with zero attached hydrogens (tertiary/aromatic N) is 4. The van der Waals surface area contributed by atoms with E-state index < -0.39 is 17.9 Å². The Morgan fingerprint density at radius 3 is 2.89 bits per heavy atom. The van der Waals surface area contributed by atoms with Crippen molar-refractivity contribution in [3.63, 3.8) is 0 Å². The lowest BCUT2D eigenvalue weighted by molar-refractivity contribution is -0.112. The predicted molar refractivity (Wildman–Crippen MR) is 102 cm³/mol. The Kier molecular flexibility index (Phi) is 4.09. The summed E-state index contributed by atoms with van der Waals surface area (Å²) in [5.41, 5.74) is 0.454. The van der Waals surface area contributed by atoms with Gasteiger partial charge in [-0.1, -0.05) is 18.2 Å². The summed E-state index contributed by atoms with van der Waals surface area (Å²) in [4.78, 5) is 25.2. The summed E-state index contributed by atoms with van der Waals surface area (Å²) in [5, 5.41) is 22.7. The molecule has 144 valence electrons. The van der Waals surface area contributed by atoms with Crippen LogP contribution in [0.1, 0.15) is 16.6 Å². The molecule has 0 saturated carbocycles. The number of imidazole rings is 1. The molecule has 2 aromatic heterocycles. The van der Waals surface area contributed by atoms with Crippen LogP contribution < -0.4 is 5.32 Å². The molecule has 2 bridgehead atoms. The number of benzene rings is 1. The summed E-state index contributed by atoms with van der Waals surface area (Å²) in [5.74, 6) is 0.536. The second-order valence-electron chi connectivity index (χ2n) is 6.82. The second-order valence-corrected chi connectivity index (χ2v) is 7.98. The van der Waals surface area contributed by atoms with Crippen molar-refractivity contribution >= 4 is 34.7 Å². The highest BCUT2D eigenvalue weighted by Gasteiger charge is 2.60. The molecule has 2 fully saturated rings. The van der Waals surface area contributed by atoms with E-state index in [0.29, 0.717) is 28.3 Å². The first-order valence-electron chi connectivity index (χ1n) is 8.75. The molecule has 4 atom stereocenters. The first kappa shape index (κ1) is 17.6. The van der Waals surface area contributed by atoms with Gasteiger partial charge in [0.15, 0.2) is 23.2 Å². The minimum atomic E-state index is -0.964. The van der Waals surface area contributed by atoms with Gasteiger partial charge in [0.25, 0.3) is 5.91 Å². The minimum Gasteiger partial charge on any atom is -0.393 e. The summed E-state index contributed by atoms with van der Waals surface area (Å²) >= 11 is 1.55. The number of nitrogens with one attached hydrogen (secondary N) is 1. The molecule has 2 saturated heterocycles. The molecular weight excluding hydrogens is 382 g/mol. The highest BCUT2D eigenvalue weighted by molar-refractivity contribution is 8.00. The number of thioether (sulfide) groups is 1. The van der Waals surface area contributed by atoms with Crippen LogP contribution >= 0.6 is 11.8 Å². The number of anilines is 1. The largest absolute Gasteiger partial charge is 0.393 e. The van der Waals surface area contributed by atoms with Crippen LogP contribution in [0.5, 0.6) is 0 Å². The molecule has 10 heteroatoms. The van der Waals surface area contributed by atoms with Crippen LogP contribution in [0.3, 0.4) is 0 Å². The Hall–Kier alpha value is -2.53. The van der Waals surface area contributed by atoms with Gasteiger partial charge in [0.2, 0.25) is 0 Å². The van der Waals surface area contributed by atoms with Crippen molar-refractivity contribution in [2.45, 2.75) is 23.2 Å². The van der Waals surface area contributed by atoms with E-state index in [1.54, 1.807) is 46.9 Å². The summed E-state index contributed by atoms with van der Waals surface area (Å²) < 4.78 is 7.72. The number of hydrogen-bond donors (Lipinski definition) is 3. The van der Waals surface area contributed by atoms with Crippen molar-refractivity contribution in [3.05, 3.63) is 48.5 Å². The lowest BCUT2D eigenvalue weighted by atomic mass is 10.0. The number of rotatable bonds is 4.